The molecule has 0 radical (unpaired) electrons. The molecule has 9 atom stereocenters. The first-order valence-electron chi connectivity index (χ1n) is 24.4. The summed E-state index contributed by atoms with van der Waals surface area (Å²) in [6.45, 7) is 2.48. The molecule has 1 unspecified atom stereocenters. The van der Waals surface area contributed by atoms with Gasteiger partial charge in [0.1, 0.15) is 42.0 Å². The molecule has 2 saturated carbocycles. The molecule has 25 nitrogen and oxygen atoms in total. The van der Waals surface area contributed by atoms with E-state index in [9.17, 15) is 62.6 Å². The number of rotatable bonds is 16. The van der Waals surface area contributed by atoms with Crippen LogP contribution in [-0.4, -0.2) is 142 Å². The molecule has 72 heavy (non-hydrogen) atoms. The molecule has 2 aliphatic heterocycles. The summed E-state index contributed by atoms with van der Waals surface area (Å²) in [5.74, 6) is -11.6. The number of carbonyl (C=O) groups excluding carboxylic acids is 12. The summed E-state index contributed by atoms with van der Waals surface area (Å²) >= 11 is 0. The molecule has 1 aromatic rings. The van der Waals surface area contributed by atoms with Crippen molar-refractivity contribution in [2.45, 2.75) is 146 Å². The zero-order chi connectivity index (χ0) is 52.9. The lowest BCUT2D eigenvalue weighted by atomic mass is 9.83. The van der Waals surface area contributed by atoms with Crippen LogP contribution in [0.1, 0.15) is 103 Å². The summed E-state index contributed by atoms with van der Waals surface area (Å²) < 4.78 is 0. The quantitative estimate of drug-likeness (QED) is 0.0755. The van der Waals surface area contributed by atoms with Crippen molar-refractivity contribution in [2.75, 3.05) is 19.6 Å². The Bertz CT molecular complexity index is 2260. The summed E-state index contributed by atoms with van der Waals surface area (Å²) in [4.78, 5) is 162. The largest absolute Gasteiger partial charge is 0.508 e. The van der Waals surface area contributed by atoms with E-state index in [2.05, 4.69) is 42.5 Å². The van der Waals surface area contributed by atoms with Crippen LogP contribution < -0.4 is 59.7 Å². The molecular weight excluding hydrogens is 941 g/mol. The minimum Gasteiger partial charge on any atom is -0.508 e. The fourth-order valence-corrected chi connectivity index (χ4v) is 9.44. The minimum atomic E-state index is -1.80. The molecule has 2 saturated heterocycles. The van der Waals surface area contributed by atoms with Crippen LogP contribution in [0.25, 0.3) is 0 Å². The summed E-state index contributed by atoms with van der Waals surface area (Å²) in [7, 11) is 0. The average Bonchev–Trinajstić information content (AvgIpc) is 4.11. The van der Waals surface area contributed by atoms with E-state index in [4.69, 9.17) is 17.2 Å². The number of likely N-dealkylation sites (tertiary alicyclic amines) is 1. The number of carbonyl (C=O) groups is 12. The van der Waals surface area contributed by atoms with Gasteiger partial charge in [-0.15, -0.1) is 0 Å². The summed E-state index contributed by atoms with van der Waals surface area (Å²) in [6, 6.07) is -2.86. The number of phenolic OH excluding ortho intramolecular Hbond substituents is 1. The Hall–Kier alpha value is -7.34. The Balaban J connectivity index is 1.43. The highest BCUT2D eigenvalue weighted by Gasteiger charge is 2.68. The van der Waals surface area contributed by atoms with Crippen LogP contribution in [0.2, 0.25) is 0 Å². The Morgan fingerprint density at radius 2 is 1.42 bits per heavy atom. The number of benzene rings is 1. The number of nitrogens with zero attached hydrogens (tertiary/aromatic N) is 1. The Labute approximate surface area is 415 Å². The number of amides is 12. The molecule has 1 aromatic carbocycles. The SMILES string of the molecule is CC[C@H](C)[C@@H]1NC(=O)[C@H](Cc2ccc(O)cc2)NC(=O)CCC(=O)NC[C@@H](C(=O)N2CCC23C[C@@H]3C(=O)N[C@H](C(=O)NCC(N)=O)C2CCCCC2)NC(=O)[C@H](CC(N)=O)NC(=O)[C@H](CCC(N)=O)NC1=O. The number of hydrogen-bond donors (Lipinski definition) is 12. The van der Waals surface area contributed by atoms with Gasteiger partial charge in [0.05, 0.1) is 24.4 Å². The Morgan fingerprint density at radius 1 is 0.778 bits per heavy atom. The fourth-order valence-electron chi connectivity index (χ4n) is 9.44. The zero-order valence-electron chi connectivity index (χ0n) is 40.6. The predicted molar refractivity (Wildman–Crippen MR) is 253 cm³/mol. The van der Waals surface area contributed by atoms with E-state index in [1.165, 1.54) is 29.2 Å². The van der Waals surface area contributed by atoms with Gasteiger partial charge in [0, 0.05) is 38.8 Å². The van der Waals surface area contributed by atoms with Crippen LogP contribution in [-0.2, 0) is 64.0 Å². The second kappa shape index (κ2) is 25.2. The van der Waals surface area contributed by atoms with Gasteiger partial charge in [-0.25, -0.2) is 0 Å². The molecule has 12 amide bonds. The van der Waals surface area contributed by atoms with Crippen LogP contribution in [0.4, 0.5) is 0 Å². The number of hydrogen-bond acceptors (Lipinski definition) is 13. The van der Waals surface area contributed by atoms with E-state index in [-0.39, 0.29) is 31.1 Å². The minimum absolute atomic E-state index is 0.0585. The van der Waals surface area contributed by atoms with Crippen molar-refractivity contribution in [3.05, 3.63) is 29.8 Å². The van der Waals surface area contributed by atoms with Gasteiger partial charge in [-0.2, -0.15) is 0 Å². The molecule has 15 N–H and O–H groups in total. The molecule has 1 spiro atoms. The monoisotopic (exact) mass is 1010 g/mol. The van der Waals surface area contributed by atoms with Crippen molar-refractivity contribution in [3.63, 3.8) is 0 Å². The van der Waals surface area contributed by atoms with Gasteiger partial charge in [-0.3, -0.25) is 57.5 Å². The van der Waals surface area contributed by atoms with Gasteiger partial charge in [0.2, 0.25) is 70.9 Å². The summed E-state index contributed by atoms with van der Waals surface area (Å²) in [5.41, 5.74) is 15.6. The first-order chi connectivity index (χ1) is 34.1. The second-order valence-electron chi connectivity index (χ2n) is 19.2. The van der Waals surface area contributed by atoms with E-state index < -0.39 is 170 Å². The van der Waals surface area contributed by atoms with E-state index in [0.717, 1.165) is 19.3 Å². The maximum Gasteiger partial charge on any atom is 0.247 e. The molecule has 2 aliphatic carbocycles. The van der Waals surface area contributed by atoms with Crippen LogP contribution in [0, 0.1) is 17.8 Å². The van der Waals surface area contributed by atoms with Crippen LogP contribution in [0.15, 0.2) is 24.3 Å². The van der Waals surface area contributed by atoms with Gasteiger partial charge in [0.15, 0.2) is 0 Å². The zero-order valence-corrected chi connectivity index (χ0v) is 40.6. The molecule has 394 valence electrons. The lowest BCUT2D eigenvalue weighted by Gasteiger charge is -2.44. The number of nitrogens with two attached hydrogens (primary N) is 3. The maximum absolute atomic E-state index is 14.5. The highest BCUT2D eigenvalue weighted by Crippen LogP contribution is 2.57. The van der Waals surface area contributed by atoms with Crippen molar-refractivity contribution in [1.82, 2.24) is 47.4 Å². The van der Waals surface area contributed by atoms with Crippen molar-refractivity contribution in [2.24, 2.45) is 35.0 Å². The molecule has 2 heterocycles. The number of nitrogens with one attached hydrogen (secondary N) is 8. The molecule has 0 bridgehead atoms. The molecule has 4 fully saturated rings. The average molecular weight is 1010 g/mol. The van der Waals surface area contributed by atoms with Crippen molar-refractivity contribution in [3.8, 4) is 5.75 Å². The first kappa shape index (κ1) is 55.6. The predicted octanol–water partition coefficient (Wildman–Crippen LogP) is -3.89. The number of aromatic hydroxyl groups is 1. The molecule has 0 aromatic heterocycles. The Kier molecular flexibility index (Phi) is 19.4. The van der Waals surface area contributed by atoms with Gasteiger partial charge < -0.3 is 69.7 Å². The molecule has 4 aliphatic rings. The third-order valence-electron chi connectivity index (χ3n) is 13.9. The molecule has 5 rings (SSSR count). The van der Waals surface area contributed by atoms with E-state index >= 15 is 0 Å². The highest BCUT2D eigenvalue weighted by molar-refractivity contribution is 5.99. The molecular formula is C47H68N12O13. The van der Waals surface area contributed by atoms with Crippen LogP contribution in [0.3, 0.4) is 0 Å². The third kappa shape index (κ3) is 15.1. The lowest BCUT2D eigenvalue weighted by molar-refractivity contribution is -0.147. The second-order valence-corrected chi connectivity index (χ2v) is 19.2. The van der Waals surface area contributed by atoms with Crippen molar-refractivity contribution < 1.29 is 62.6 Å². The van der Waals surface area contributed by atoms with Crippen molar-refractivity contribution in [1.29, 1.82) is 0 Å². The van der Waals surface area contributed by atoms with E-state index in [1.54, 1.807) is 13.8 Å². The van der Waals surface area contributed by atoms with E-state index in [1.807, 2.05) is 0 Å². The van der Waals surface area contributed by atoms with Gasteiger partial charge >= 0.3 is 0 Å². The number of primary amides is 3. The lowest BCUT2D eigenvalue weighted by Crippen LogP contribution is -2.65. The standard InChI is InChI=1S/C47H68N12O13/c1-3-24(2)38-45(71)54-29(13-14-33(48)61)41(67)55-31(20-34(49)62)42(68)56-32(22-51-36(64)15-16-37(65)53-30(43(69)57-38)19-25-9-11-27(60)12-10-25)46(72)59-18-17-47(59)21-28(47)40(66)58-39(26-7-5-4-6-8-26)44(70)52-23-35(50)63/h9-12,24,26,28-32,38-39,60H,3-8,13-23H2,1-2H3,(H2,48,61)(H2,49,62)(H2,50,63)(H,51,64)(H,52,70)(H,53,65)(H,54,71)(H,55,67)(H,56,68)(H,57,69)(H,58,66)/t24-,28+,29-,30-,31-,32-,38-,39-,47?/m0/s1. The van der Waals surface area contributed by atoms with Crippen molar-refractivity contribution >= 4 is 70.9 Å². The van der Waals surface area contributed by atoms with E-state index in [0.29, 0.717) is 31.2 Å². The summed E-state index contributed by atoms with van der Waals surface area (Å²) in [5, 5.41) is 30.4. The summed E-state index contributed by atoms with van der Waals surface area (Å²) in [6.07, 6.45) is 2.10. The van der Waals surface area contributed by atoms with Gasteiger partial charge in [-0.1, -0.05) is 51.7 Å². The number of phenols is 1. The normalized spacial score (nSPS) is 26.6. The van der Waals surface area contributed by atoms with Gasteiger partial charge in [0.25, 0.3) is 0 Å². The smallest absolute Gasteiger partial charge is 0.247 e. The topological polar surface area (TPSA) is 403 Å². The molecule has 25 heteroatoms. The maximum atomic E-state index is 14.5. The Morgan fingerprint density at radius 3 is 2.03 bits per heavy atom. The van der Waals surface area contributed by atoms with Gasteiger partial charge in [-0.05, 0) is 61.6 Å². The van der Waals surface area contributed by atoms with Crippen LogP contribution in [0.5, 0.6) is 5.75 Å². The third-order valence-corrected chi connectivity index (χ3v) is 13.9. The fraction of sp³-hybridized carbons (Fsp3) is 0.617. The first-order valence-corrected chi connectivity index (χ1v) is 24.4. The van der Waals surface area contributed by atoms with Crippen LogP contribution >= 0.6 is 0 Å². The highest BCUT2D eigenvalue weighted by atomic mass is 16.3.